The minimum atomic E-state index is -5.71. The zero-order chi connectivity index (χ0) is 14.1. The van der Waals surface area contributed by atoms with Gasteiger partial charge in [0.05, 0.1) is 6.54 Å². The van der Waals surface area contributed by atoms with Crippen LogP contribution < -0.4 is 0 Å². The lowest BCUT2D eigenvalue weighted by molar-refractivity contribution is -0.277. The third-order valence-corrected chi connectivity index (χ3v) is 2.46. The van der Waals surface area contributed by atoms with Crippen LogP contribution in [0.4, 0.5) is 26.3 Å². The number of rotatable bonds is 1. The van der Waals surface area contributed by atoms with Gasteiger partial charge >= 0.3 is 12.4 Å². The minimum Gasteiger partial charge on any atom is -0.335 e. The molecule has 1 amide bonds. The molecule has 104 valence electrons. The van der Waals surface area contributed by atoms with Crippen molar-refractivity contribution in [1.82, 2.24) is 4.90 Å². The van der Waals surface area contributed by atoms with Gasteiger partial charge in [0, 0.05) is 13.0 Å². The van der Waals surface area contributed by atoms with Crippen molar-refractivity contribution in [1.29, 1.82) is 0 Å². The quantitative estimate of drug-likeness (QED) is 0.687. The molecule has 1 aliphatic rings. The lowest BCUT2D eigenvalue weighted by Gasteiger charge is -2.31. The summed E-state index contributed by atoms with van der Waals surface area (Å²) in [5.74, 6) is -6.71. The predicted octanol–water partition coefficient (Wildman–Crippen LogP) is 1.92. The molecule has 0 aromatic heterocycles. The Balaban J connectivity index is 2.93. The van der Waals surface area contributed by atoms with Crippen LogP contribution in [0.5, 0.6) is 0 Å². The summed E-state index contributed by atoms with van der Waals surface area (Å²) in [5.41, 5.74) is 0. The molecule has 0 spiro atoms. The number of likely N-dealkylation sites (tertiary alicyclic amines) is 1. The van der Waals surface area contributed by atoms with Crippen molar-refractivity contribution in [3.63, 3.8) is 0 Å². The Morgan fingerprint density at radius 1 is 1.11 bits per heavy atom. The molecule has 0 atom stereocenters. The minimum absolute atomic E-state index is 0.0620. The van der Waals surface area contributed by atoms with Crippen molar-refractivity contribution in [2.45, 2.75) is 25.2 Å². The van der Waals surface area contributed by atoms with Crippen LogP contribution >= 0.6 is 0 Å². The van der Waals surface area contributed by atoms with Gasteiger partial charge in [-0.1, -0.05) is 0 Å². The molecule has 1 aliphatic heterocycles. The Kier molecular flexibility index (Phi) is 3.92. The molecule has 0 saturated carbocycles. The van der Waals surface area contributed by atoms with Gasteiger partial charge in [0.1, 0.15) is 0 Å². The van der Waals surface area contributed by atoms with Crippen LogP contribution in [-0.2, 0) is 9.59 Å². The Labute approximate surface area is 97.7 Å². The van der Waals surface area contributed by atoms with E-state index in [9.17, 15) is 35.9 Å². The van der Waals surface area contributed by atoms with E-state index in [1.54, 1.807) is 0 Å². The number of nitrogens with zero attached hydrogens (tertiary/aromatic N) is 1. The average molecular weight is 277 g/mol. The second kappa shape index (κ2) is 4.77. The molecule has 9 heteroatoms. The molecule has 0 aromatic carbocycles. The highest BCUT2D eigenvalue weighted by molar-refractivity contribution is 5.88. The fraction of sp³-hybridized carbons (Fsp3) is 0.778. The molecule has 0 unspecified atom stereocenters. The van der Waals surface area contributed by atoms with Gasteiger partial charge in [-0.2, -0.15) is 26.3 Å². The number of hydrogen-bond donors (Lipinski definition) is 0. The molecular weight excluding hydrogens is 268 g/mol. The van der Waals surface area contributed by atoms with E-state index in [4.69, 9.17) is 0 Å². The molecule has 1 saturated heterocycles. The van der Waals surface area contributed by atoms with Crippen LogP contribution in [0.2, 0.25) is 0 Å². The summed E-state index contributed by atoms with van der Waals surface area (Å²) < 4.78 is 73.6. The molecule has 1 fully saturated rings. The molecule has 0 radical (unpaired) electrons. The average Bonchev–Trinajstić information content (AvgIpc) is 2.12. The van der Waals surface area contributed by atoms with Gasteiger partial charge in [-0.15, -0.1) is 0 Å². The van der Waals surface area contributed by atoms with Gasteiger partial charge < -0.3 is 4.90 Å². The highest BCUT2D eigenvalue weighted by Gasteiger charge is 2.62. The Bertz CT molecular complexity index is 334. The molecule has 0 aromatic rings. The van der Waals surface area contributed by atoms with Crippen molar-refractivity contribution < 1.29 is 35.9 Å². The molecule has 0 bridgehead atoms. The zero-order valence-electron chi connectivity index (χ0n) is 8.94. The normalized spacial score (nSPS) is 18.4. The molecular formula is C9H9F6NO2. The summed E-state index contributed by atoms with van der Waals surface area (Å²) in [6.07, 6.45) is -11.3. The van der Waals surface area contributed by atoms with E-state index in [2.05, 4.69) is 0 Å². The van der Waals surface area contributed by atoms with Crippen LogP contribution in [0, 0.1) is 5.92 Å². The maximum Gasteiger partial charge on any atom is 0.409 e. The van der Waals surface area contributed by atoms with E-state index in [0.29, 0.717) is 4.90 Å². The van der Waals surface area contributed by atoms with Gasteiger partial charge in [-0.05, 0) is 6.42 Å². The first-order valence-corrected chi connectivity index (χ1v) is 4.97. The third-order valence-electron chi connectivity index (χ3n) is 2.46. The highest BCUT2D eigenvalue weighted by atomic mass is 19.4. The fourth-order valence-corrected chi connectivity index (χ4v) is 1.67. The molecule has 3 nitrogen and oxygen atoms in total. The van der Waals surface area contributed by atoms with Gasteiger partial charge in [-0.25, -0.2) is 0 Å². The van der Waals surface area contributed by atoms with Crippen molar-refractivity contribution in [2.75, 3.05) is 13.1 Å². The number of hydrogen-bond acceptors (Lipinski definition) is 2. The van der Waals surface area contributed by atoms with Gasteiger partial charge in [-0.3, -0.25) is 9.59 Å². The summed E-state index contributed by atoms with van der Waals surface area (Å²) >= 11 is 0. The number of piperidine rings is 1. The van der Waals surface area contributed by atoms with Crippen molar-refractivity contribution >= 4 is 11.7 Å². The molecule has 0 aliphatic carbocycles. The second-order valence-electron chi connectivity index (χ2n) is 3.92. The van der Waals surface area contributed by atoms with Crippen LogP contribution in [-0.4, -0.2) is 42.0 Å². The smallest absolute Gasteiger partial charge is 0.335 e. The van der Waals surface area contributed by atoms with Crippen molar-refractivity contribution in [2.24, 2.45) is 5.92 Å². The highest BCUT2D eigenvalue weighted by Crippen LogP contribution is 2.40. The standard InChI is InChI=1S/C9H9F6NO2/c10-8(11,12)6(9(13,14)15)7(18)16-3-1-2-5(17)4-16/h6H,1-4H2. The summed E-state index contributed by atoms with van der Waals surface area (Å²) in [5, 5.41) is 0. The van der Waals surface area contributed by atoms with Gasteiger partial charge in [0.2, 0.25) is 11.8 Å². The number of carbonyl (C=O) groups excluding carboxylic acids is 2. The monoisotopic (exact) mass is 277 g/mol. The Morgan fingerprint density at radius 3 is 2.00 bits per heavy atom. The molecule has 0 N–H and O–H groups in total. The van der Waals surface area contributed by atoms with Crippen LogP contribution in [0.1, 0.15) is 12.8 Å². The SMILES string of the molecule is O=C1CCCN(C(=O)C(C(F)(F)F)C(F)(F)F)C1. The first kappa shape index (κ1) is 14.8. The molecule has 18 heavy (non-hydrogen) atoms. The van der Waals surface area contributed by atoms with Gasteiger partial charge in [0.25, 0.3) is 0 Å². The first-order valence-electron chi connectivity index (χ1n) is 4.97. The maximum absolute atomic E-state index is 12.3. The topological polar surface area (TPSA) is 37.4 Å². The zero-order valence-corrected chi connectivity index (χ0v) is 8.94. The lowest BCUT2D eigenvalue weighted by atomic mass is 10.0. The number of ketones is 1. The van der Waals surface area contributed by atoms with Crippen molar-refractivity contribution in [3.8, 4) is 0 Å². The van der Waals surface area contributed by atoms with E-state index >= 15 is 0 Å². The summed E-state index contributed by atoms with van der Waals surface area (Å²) in [4.78, 5) is 22.5. The summed E-state index contributed by atoms with van der Waals surface area (Å²) in [6, 6.07) is 0. The van der Waals surface area contributed by atoms with Crippen molar-refractivity contribution in [3.05, 3.63) is 0 Å². The number of Topliss-reactive ketones (excluding diaryl/α,β-unsaturated/α-hetero) is 1. The van der Waals surface area contributed by atoms with Crippen LogP contribution in [0.15, 0.2) is 0 Å². The van der Waals surface area contributed by atoms with Gasteiger partial charge in [0.15, 0.2) is 5.78 Å². The summed E-state index contributed by atoms with van der Waals surface area (Å²) in [7, 11) is 0. The number of amides is 1. The Hall–Kier alpha value is -1.28. The maximum atomic E-state index is 12.3. The number of alkyl halides is 6. The van der Waals surface area contributed by atoms with E-state index in [-0.39, 0.29) is 19.4 Å². The third kappa shape index (κ3) is 3.36. The fourth-order valence-electron chi connectivity index (χ4n) is 1.67. The first-order chi connectivity index (χ1) is 8.03. The molecule has 1 rings (SSSR count). The largest absolute Gasteiger partial charge is 0.409 e. The summed E-state index contributed by atoms with van der Waals surface area (Å²) in [6.45, 7) is -0.964. The predicted molar refractivity (Wildman–Crippen MR) is 46.4 cm³/mol. The lowest BCUT2D eigenvalue weighted by Crippen LogP contribution is -2.52. The van der Waals surface area contributed by atoms with E-state index in [0.717, 1.165) is 0 Å². The second-order valence-corrected chi connectivity index (χ2v) is 3.92. The van der Waals surface area contributed by atoms with Crippen LogP contribution in [0.3, 0.4) is 0 Å². The van der Waals surface area contributed by atoms with Crippen LogP contribution in [0.25, 0.3) is 0 Å². The molecule has 1 heterocycles. The number of carbonyl (C=O) groups is 2. The van der Waals surface area contributed by atoms with E-state index in [1.165, 1.54) is 0 Å². The number of halogens is 6. The van der Waals surface area contributed by atoms with E-state index < -0.39 is 36.5 Å². The Morgan fingerprint density at radius 2 is 1.61 bits per heavy atom. The van der Waals surface area contributed by atoms with E-state index in [1.807, 2.05) is 0 Å².